The van der Waals surface area contributed by atoms with E-state index in [1.807, 2.05) is 0 Å². The summed E-state index contributed by atoms with van der Waals surface area (Å²) >= 11 is 9.07. The van der Waals surface area contributed by atoms with E-state index in [2.05, 4.69) is 20.9 Å². The first kappa shape index (κ1) is 13.5. The molecule has 0 spiro atoms. The molecular weight excluding hydrogens is 320 g/mol. The van der Waals surface area contributed by atoms with Crippen LogP contribution in [0.15, 0.2) is 27.6 Å². The summed E-state index contributed by atoms with van der Waals surface area (Å²) in [6, 6.07) is 3.32. The van der Waals surface area contributed by atoms with Crippen LogP contribution in [-0.2, 0) is 6.54 Å². The molecule has 0 fully saturated rings. The first-order valence-corrected chi connectivity index (χ1v) is 6.52. The number of aliphatic hydroxyl groups is 1. The van der Waals surface area contributed by atoms with Crippen LogP contribution in [0.4, 0.5) is 0 Å². The van der Waals surface area contributed by atoms with E-state index in [-0.39, 0.29) is 12.1 Å². The van der Waals surface area contributed by atoms with Crippen LogP contribution in [0.5, 0.6) is 0 Å². The Balaban J connectivity index is 2.78. The molecule has 0 unspecified atom stereocenters. The first-order valence-electron chi connectivity index (χ1n) is 5.35. The van der Waals surface area contributed by atoms with Crippen molar-refractivity contribution in [3.8, 4) is 0 Å². The van der Waals surface area contributed by atoms with Gasteiger partial charge in [0.25, 0.3) is 5.56 Å². The molecule has 0 aliphatic heterocycles. The molecule has 18 heavy (non-hydrogen) atoms. The normalized spacial score (nSPS) is 12.1. The maximum absolute atomic E-state index is 12.1. The van der Waals surface area contributed by atoms with Gasteiger partial charge in [-0.2, -0.15) is 0 Å². The minimum Gasteiger partial charge on any atom is -0.389 e. The van der Waals surface area contributed by atoms with Gasteiger partial charge in [-0.25, -0.2) is 4.98 Å². The third-order valence-electron chi connectivity index (χ3n) is 2.45. The predicted octanol–water partition coefficient (Wildman–Crippen LogP) is 2.58. The molecule has 2 rings (SSSR count). The molecule has 4 nitrogen and oxygen atoms in total. The van der Waals surface area contributed by atoms with Crippen molar-refractivity contribution in [2.24, 2.45) is 0 Å². The summed E-state index contributed by atoms with van der Waals surface area (Å²) in [5, 5.41) is 11.0. The van der Waals surface area contributed by atoms with Gasteiger partial charge in [-0.1, -0.05) is 11.6 Å². The van der Waals surface area contributed by atoms with Gasteiger partial charge in [0.05, 0.1) is 22.1 Å². The Kier molecular flexibility index (Phi) is 3.49. The summed E-state index contributed by atoms with van der Waals surface area (Å²) in [5.41, 5.74) is -0.537. The van der Waals surface area contributed by atoms with Crippen LogP contribution in [0.1, 0.15) is 13.8 Å². The Morgan fingerprint density at radius 1 is 1.50 bits per heavy atom. The van der Waals surface area contributed by atoms with Gasteiger partial charge in [0.2, 0.25) is 0 Å². The lowest BCUT2D eigenvalue weighted by molar-refractivity contribution is 0.0617. The van der Waals surface area contributed by atoms with E-state index in [0.717, 1.165) is 5.39 Å². The summed E-state index contributed by atoms with van der Waals surface area (Å²) in [4.78, 5) is 16.1. The summed E-state index contributed by atoms with van der Waals surface area (Å²) in [6.07, 6.45) is 1.60. The maximum atomic E-state index is 12.1. The second kappa shape index (κ2) is 4.64. The van der Waals surface area contributed by atoms with Crippen molar-refractivity contribution in [2.75, 3.05) is 0 Å². The zero-order valence-electron chi connectivity index (χ0n) is 9.94. The molecule has 2 heterocycles. The fourth-order valence-corrected chi connectivity index (χ4v) is 2.37. The molecule has 2 aromatic rings. The van der Waals surface area contributed by atoms with E-state index in [4.69, 9.17) is 11.6 Å². The monoisotopic (exact) mass is 330 g/mol. The van der Waals surface area contributed by atoms with Gasteiger partial charge in [-0.3, -0.25) is 4.79 Å². The Bertz CT molecular complexity index is 661. The van der Waals surface area contributed by atoms with Crippen molar-refractivity contribution < 1.29 is 5.11 Å². The molecule has 0 aliphatic rings. The quantitative estimate of drug-likeness (QED) is 0.861. The minimum atomic E-state index is -0.993. The number of halogens is 2. The summed E-state index contributed by atoms with van der Waals surface area (Å²) in [5.74, 6) is 0. The Labute approximate surface area is 117 Å². The second-order valence-electron chi connectivity index (χ2n) is 4.76. The molecule has 2 aromatic heterocycles. The van der Waals surface area contributed by atoms with E-state index in [9.17, 15) is 9.90 Å². The Hall–Kier alpha value is -0.910. The van der Waals surface area contributed by atoms with E-state index in [1.54, 1.807) is 32.2 Å². The third-order valence-corrected chi connectivity index (χ3v) is 3.22. The molecule has 0 aliphatic carbocycles. The molecular formula is C12H12BrClN2O2. The highest BCUT2D eigenvalue weighted by Crippen LogP contribution is 2.20. The van der Waals surface area contributed by atoms with Crippen LogP contribution in [-0.4, -0.2) is 20.3 Å². The van der Waals surface area contributed by atoms with Gasteiger partial charge in [-0.15, -0.1) is 0 Å². The molecule has 0 atom stereocenters. The number of rotatable bonds is 2. The van der Waals surface area contributed by atoms with Crippen LogP contribution in [0.25, 0.3) is 10.9 Å². The molecule has 0 aromatic carbocycles. The number of fused-ring (bicyclic) bond motifs is 1. The van der Waals surface area contributed by atoms with Gasteiger partial charge in [-0.05, 0) is 41.9 Å². The average molecular weight is 332 g/mol. The standard InChI is InChI=1S/C12H12BrClN2O2/c1-12(2,18)6-16-9-4-10(14)15-5-7(9)3-8(13)11(16)17/h3-5,18H,6H2,1-2H3. The zero-order valence-corrected chi connectivity index (χ0v) is 12.3. The predicted molar refractivity (Wildman–Crippen MR) is 75.0 cm³/mol. The fraction of sp³-hybridized carbons (Fsp3) is 0.333. The number of hydrogen-bond donors (Lipinski definition) is 1. The van der Waals surface area contributed by atoms with Crippen molar-refractivity contribution in [1.29, 1.82) is 0 Å². The molecule has 0 saturated carbocycles. The third kappa shape index (κ3) is 2.74. The Morgan fingerprint density at radius 3 is 2.78 bits per heavy atom. The molecule has 6 heteroatoms. The van der Waals surface area contributed by atoms with Crippen LogP contribution in [0.2, 0.25) is 5.15 Å². The van der Waals surface area contributed by atoms with Gasteiger partial charge in [0.1, 0.15) is 5.15 Å². The Morgan fingerprint density at radius 2 is 2.17 bits per heavy atom. The van der Waals surface area contributed by atoms with Crippen LogP contribution >= 0.6 is 27.5 Å². The van der Waals surface area contributed by atoms with Crippen molar-refractivity contribution in [2.45, 2.75) is 26.0 Å². The van der Waals surface area contributed by atoms with Gasteiger partial charge < -0.3 is 9.67 Å². The second-order valence-corrected chi connectivity index (χ2v) is 6.00. The van der Waals surface area contributed by atoms with E-state index >= 15 is 0 Å². The highest BCUT2D eigenvalue weighted by Gasteiger charge is 2.17. The zero-order chi connectivity index (χ0) is 13.5. The fourth-order valence-electron chi connectivity index (χ4n) is 1.76. The van der Waals surface area contributed by atoms with Crippen molar-refractivity contribution >= 4 is 38.4 Å². The van der Waals surface area contributed by atoms with Crippen LogP contribution in [0, 0.1) is 0 Å². The lowest BCUT2D eigenvalue weighted by Crippen LogP contribution is -2.33. The van der Waals surface area contributed by atoms with Crippen molar-refractivity contribution in [3.05, 3.63) is 38.3 Å². The first-order chi connectivity index (χ1) is 8.28. The molecule has 1 N–H and O–H groups in total. The van der Waals surface area contributed by atoms with Crippen molar-refractivity contribution in [1.82, 2.24) is 9.55 Å². The number of hydrogen-bond acceptors (Lipinski definition) is 3. The molecule has 0 bridgehead atoms. The van der Waals surface area contributed by atoms with Gasteiger partial charge >= 0.3 is 0 Å². The van der Waals surface area contributed by atoms with Gasteiger partial charge in [0, 0.05) is 11.6 Å². The largest absolute Gasteiger partial charge is 0.389 e. The summed E-state index contributed by atoms with van der Waals surface area (Å²) in [6.45, 7) is 3.48. The SMILES string of the molecule is CC(C)(O)Cn1c(=O)c(Br)cc2cnc(Cl)cc21. The molecule has 0 saturated heterocycles. The van der Waals surface area contributed by atoms with Crippen molar-refractivity contribution in [3.63, 3.8) is 0 Å². The number of nitrogens with zero attached hydrogens (tertiary/aromatic N) is 2. The molecule has 0 amide bonds. The number of aromatic nitrogens is 2. The molecule has 0 radical (unpaired) electrons. The van der Waals surface area contributed by atoms with E-state index < -0.39 is 5.60 Å². The van der Waals surface area contributed by atoms with E-state index in [1.165, 1.54) is 4.57 Å². The minimum absolute atomic E-state index is 0.183. The summed E-state index contributed by atoms with van der Waals surface area (Å²) in [7, 11) is 0. The van der Waals surface area contributed by atoms with E-state index in [0.29, 0.717) is 15.1 Å². The highest BCUT2D eigenvalue weighted by molar-refractivity contribution is 9.10. The number of pyridine rings is 2. The highest BCUT2D eigenvalue weighted by atomic mass is 79.9. The molecule has 96 valence electrons. The average Bonchev–Trinajstić information content (AvgIpc) is 2.24. The lowest BCUT2D eigenvalue weighted by atomic mass is 10.1. The van der Waals surface area contributed by atoms with Gasteiger partial charge in [0.15, 0.2) is 0 Å². The van der Waals surface area contributed by atoms with Crippen LogP contribution in [0.3, 0.4) is 0 Å². The maximum Gasteiger partial charge on any atom is 0.265 e. The smallest absolute Gasteiger partial charge is 0.265 e. The van der Waals surface area contributed by atoms with Crippen LogP contribution < -0.4 is 5.56 Å². The topological polar surface area (TPSA) is 55.1 Å². The lowest BCUT2D eigenvalue weighted by Gasteiger charge is -2.20. The summed E-state index contributed by atoms with van der Waals surface area (Å²) < 4.78 is 1.93.